The molecule has 2 aliphatic carbocycles. The number of rotatable bonds is 1. The maximum absolute atomic E-state index is 12.9. The molecule has 2 N–H and O–H groups in total. The molecule has 2 rings (SSSR count). The zero-order valence-corrected chi connectivity index (χ0v) is 7.78. The third-order valence-corrected chi connectivity index (χ3v) is 2.83. The Bertz CT molecular complexity index is 326. The van der Waals surface area contributed by atoms with Gasteiger partial charge in [-0.3, -0.25) is 0 Å². The molecule has 0 bridgehead atoms. The third kappa shape index (κ3) is 1.79. The highest BCUT2D eigenvalue weighted by Gasteiger charge is 2.27. The monoisotopic (exact) mass is 196 g/mol. The molecule has 76 valence electrons. The van der Waals surface area contributed by atoms with Crippen LogP contribution >= 0.6 is 0 Å². The highest BCUT2D eigenvalue weighted by Crippen LogP contribution is 2.41. The van der Waals surface area contributed by atoms with Crippen molar-refractivity contribution in [3.8, 4) is 0 Å². The summed E-state index contributed by atoms with van der Waals surface area (Å²) in [4.78, 5) is 0. The molecule has 1 atom stereocenters. The Balaban J connectivity index is 2.20. The van der Waals surface area contributed by atoms with Crippen LogP contribution in [0.1, 0.15) is 19.3 Å². The predicted molar refractivity (Wildman–Crippen MR) is 50.9 cm³/mol. The second-order valence-corrected chi connectivity index (χ2v) is 3.75. The zero-order valence-electron chi connectivity index (χ0n) is 7.78. The summed E-state index contributed by atoms with van der Waals surface area (Å²) in [7, 11) is 0. The summed E-state index contributed by atoms with van der Waals surface area (Å²) in [5.74, 6) is 0.0401. The molecule has 0 spiro atoms. The summed E-state index contributed by atoms with van der Waals surface area (Å²) in [5.41, 5.74) is 2.10. The molecule has 14 heavy (non-hydrogen) atoms. The van der Waals surface area contributed by atoms with Crippen LogP contribution in [0.4, 0.5) is 4.39 Å². The van der Waals surface area contributed by atoms with Crippen LogP contribution in [0.15, 0.2) is 35.2 Å². The van der Waals surface area contributed by atoms with Gasteiger partial charge in [0.25, 0.3) is 0 Å². The Hall–Kier alpha value is -0.930. The standard InChI is InChI=1S/C11H13FO2/c12-9-3-4-10-7(5-9)1-2-8(10)6-11(13)14/h3,5-6,10-11,13-14H,1-2,4H2/b8-6+/t10-/m0/s1. The van der Waals surface area contributed by atoms with E-state index in [1.807, 2.05) is 0 Å². The largest absolute Gasteiger partial charge is 0.365 e. The van der Waals surface area contributed by atoms with Crippen molar-refractivity contribution in [2.24, 2.45) is 5.92 Å². The van der Waals surface area contributed by atoms with Crippen LogP contribution in [0.2, 0.25) is 0 Å². The van der Waals surface area contributed by atoms with Gasteiger partial charge in [0.15, 0.2) is 6.29 Å². The number of aliphatic hydroxyl groups is 2. The van der Waals surface area contributed by atoms with Gasteiger partial charge in [-0.15, -0.1) is 0 Å². The number of allylic oxidation sites excluding steroid dienone is 5. The Morgan fingerprint density at radius 1 is 1.43 bits per heavy atom. The lowest BCUT2D eigenvalue weighted by Crippen LogP contribution is -2.06. The van der Waals surface area contributed by atoms with E-state index < -0.39 is 6.29 Å². The highest BCUT2D eigenvalue weighted by atomic mass is 19.1. The summed E-state index contributed by atoms with van der Waals surface area (Å²) in [6, 6.07) is 0. The Morgan fingerprint density at radius 3 is 2.93 bits per heavy atom. The van der Waals surface area contributed by atoms with E-state index in [9.17, 15) is 4.39 Å². The fraction of sp³-hybridized carbons (Fsp3) is 0.455. The number of hydrogen-bond donors (Lipinski definition) is 2. The maximum Gasteiger partial charge on any atom is 0.171 e. The van der Waals surface area contributed by atoms with Crippen molar-refractivity contribution in [3.63, 3.8) is 0 Å². The second kappa shape index (κ2) is 3.67. The number of halogens is 1. The quantitative estimate of drug-likeness (QED) is 0.496. The van der Waals surface area contributed by atoms with Gasteiger partial charge in [-0.05, 0) is 37.5 Å². The van der Waals surface area contributed by atoms with Gasteiger partial charge in [-0.1, -0.05) is 11.1 Å². The van der Waals surface area contributed by atoms with Gasteiger partial charge >= 0.3 is 0 Å². The molecule has 0 amide bonds. The molecule has 2 nitrogen and oxygen atoms in total. The Labute approximate surface area is 82.1 Å². The van der Waals surface area contributed by atoms with E-state index >= 15 is 0 Å². The molecule has 0 saturated heterocycles. The summed E-state index contributed by atoms with van der Waals surface area (Å²) in [5, 5.41) is 17.7. The van der Waals surface area contributed by atoms with E-state index in [1.165, 1.54) is 6.08 Å². The van der Waals surface area contributed by atoms with Gasteiger partial charge in [0.2, 0.25) is 0 Å². The lowest BCUT2D eigenvalue weighted by atomic mass is 9.91. The molecular weight excluding hydrogens is 183 g/mol. The van der Waals surface area contributed by atoms with Gasteiger partial charge in [0.1, 0.15) is 5.83 Å². The molecule has 0 aromatic heterocycles. The van der Waals surface area contributed by atoms with Crippen LogP contribution in [0.5, 0.6) is 0 Å². The molecule has 0 aliphatic heterocycles. The van der Waals surface area contributed by atoms with Gasteiger partial charge in [0.05, 0.1) is 0 Å². The number of hydrogen-bond acceptors (Lipinski definition) is 2. The molecule has 3 heteroatoms. The average molecular weight is 196 g/mol. The third-order valence-electron chi connectivity index (χ3n) is 2.83. The lowest BCUT2D eigenvalue weighted by molar-refractivity contribution is 0.00140. The molecule has 0 heterocycles. The maximum atomic E-state index is 12.9. The second-order valence-electron chi connectivity index (χ2n) is 3.75. The molecule has 0 aromatic rings. The van der Waals surface area contributed by atoms with Crippen molar-refractivity contribution < 1.29 is 14.6 Å². The molecular formula is C11H13FO2. The van der Waals surface area contributed by atoms with Crippen LogP contribution in [0, 0.1) is 5.92 Å². The fourth-order valence-electron chi connectivity index (χ4n) is 2.21. The normalized spacial score (nSPS) is 29.1. The Kier molecular flexibility index (Phi) is 2.52. The van der Waals surface area contributed by atoms with Crippen LogP contribution in [0.25, 0.3) is 0 Å². The predicted octanol–water partition coefficient (Wildman–Crippen LogP) is 1.82. The van der Waals surface area contributed by atoms with E-state index in [0.717, 1.165) is 24.0 Å². The van der Waals surface area contributed by atoms with Crippen LogP contribution < -0.4 is 0 Å². The Morgan fingerprint density at radius 2 is 2.21 bits per heavy atom. The summed E-state index contributed by atoms with van der Waals surface area (Å²) < 4.78 is 12.9. The summed E-state index contributed by atoms with van der Waals surface area (Å²) in [6.45, 7) is 0. The van der Waals surface area contributed by atoms with E-state index in [0.29, 0.717) is 6.42 Å². The van der Waals surface area contributed by atoms with Crippen LogP contribution in [-0.4, -0.2) is 16.5 Å². The molecule has 2 aliphatic rings. The minimum atomic E-state index is -1.39. The first kappa shape index (κ1) is 9.62. The zero-order chi connectivity index (χ0) is 10.1. The minimum absolute atomic E-state index is 0.165. The van der Waals surface area contributed by atoms with Gasteiger partial charge in [-0.2, -0.15) is 0 Å². The smallest absolute Gasteiger partial charge is 0.171 e. The van der Waals surface area contributed by atoms with E-state index in [2.05, 4.69) is 0 Å². The molecule has 1 fully saturated rings. The molecule has 1 saturated carbocycles. The summed E-state index contributed by atoms with van der Waals surface area (Å²) >= 11 is 0. The summed E-state index contributed by atoms with van der Waals surface area (Å²) in [6.07, 6.45) is 5.49. The SMILES string of the molecule is OC(O)/C=C1\CCC2=CC(F)=CC[C@@H]21. The van der Waals surface area contributed by atoms with Gasteiger partial charge < -0.3 is 10.2 Å². The minimum Gasteiger partial charge on any atom is -0.365 e. The van der Waals surface area contributed by atoms with Crippen molar-refractivity contribution in [1.29, 1.82) is 0 Å². The lowest BCUT2D eigenvalue weighted by Gasteiger charge is -2.15. The highest BCUT2D eigenvalue weighted by molar-refractivity contribution is 5.37. The topological polar surface area (TPSA) is 40.5 Å². The van der Waals surface area contributed by atoms with Gasteiger partial charge in [0, 0.05) is 5.92 Å². The fourth-order valence-corrected chi connectivity index (χ4v) is 2.21. The molecule has 0 radical (unpaired) electrons. The van der Waals surface area contributed by atoms with Crippen molar-refractivity contribution >= 4 is 0 Å². The van der Waals surface area contributed by atoms with Crippen molar-refractivity contribution in [1.82, 2.24) is 0 Å². The number of aliphatic hydroxyl groups excluding tert-OH is 1. The van der Waals surface area contributed by atoms with Crippen molar-refractivity contribution in [3.05, 3.63) is 35.2 Å². The first-order chi connectivity index (χ1) is 6.66. The molecule has 0 unspecified atom stereocenters. The first-order valence-electron chi connectivity index (χ1n) is 4.79. The number of fused-ring (bicyclic) bond motifs is 1. The van der Waals surface area contributed by atoms with Crippen LogP contribution in [-0.2, 0) is 0 Å². The van der Waals surface area contributed by atoms with E-state index in [1.54, 1.807) is 12.2 Å². The molecule has 0 aromatic carbocycles. The van der Waals surface area contributed by atoms with E-state index in [4.69, 9.17) is 10.2 Å². The van der Waals surface area contributed by atoms with Crippen LogP contribution in [0.3, 0.4) is 0 Å². The van der Waals surface area contributed by atoms with Crippen molar-refractivity contribution in [2.75, 3.05) is 0 Å². The van der Waals surface area contributed by atoms with Gasteiger partial charge in [-0.25, -0.2) is 4.39 Å². The average Bonchev–Trinajstić information content (AvgIpc) is 2.47. The first-order valence-corrected chi connectivity index (χ1v) is 4.79. The van der Waals surface area contributed by atoms with Crippen molar-refractivity contribution in [2.45, 2.75) is 25.6 Å². The van der Waals surface area contributed by atoms with E-state index in [-0.39, 0.29) is 11.7 Å².